The summed E-state index contributed by atoms with van der Waals surface area (Å²) in [5.74, 6) is -2.49. The number of esters is 1. The Hall–Kier alpha value is -2.78. The first-order valence-electron chi connectivity index (χ1n) is 8.90. The van der Waals surface area contributed by atoms with E-state index in [4.69, 9.17) is 4.74 Å². The summed E-state index contributed by atoms with van der Waals surface area (Å²) in [6.07, 6.45) is 0. The summed E-state index contributed by atoms with van der Waals surface area (Å²) in [5.41, 5.74) is 0.901. The van der Waals surface area contributed by atoms with E-state index in [1.54, 1.807) is 39.0 Å². The molecule has 0 unspecified atom stereocenters. The second kappa shape index (κ2) is 9.62. The SMILES string of the molecule is Cc1ccc(F)cc1NC(=O)COC(=O)[C@H](NS(=O)(=O)c1ccccc1)C(C)C. The molecule has 2 aromatic carbocycles. The Kier molecular flexibility index (Phi) is 7.46. The molecule has 0 saturated heterocycles. The van der Waals surface area contributed by atoms with Gasteiger partial charge in [-0.05, 0) is 42.7 Å². The minimum Gasteiger partial charge on any atom is -0.454 e. The van der Waals surface area contributed by atoms with Gasteiger partial charge in [0.2, 0.25) is 10.0 Å². The van der Waals surface area contributed by atoms with Crippen LogP contribution in [0.4, 0.5) is 10.1 Å². The second-order valence-corrected chi connectivity index (χ2v) is 8.49. The Bertz CT molecular complexity index is 978. The van der Waals surface area contributed by atoms with Crippen molar-refractivity contribution >= 4 is 27.6 Å². The van der Waals surface area contributed by atoms with Crippen LogP contribution in [0.25, 0.3) is 0 Å². The zero-order chi connectivity index (χ0) is 21.6. The predicted molar refractivity (Wildman–Crippen MR) is 106 cm³/mol. The standard InChI is InChI=1S/C20H23FN2O5S/c1-13(2)19(23-29(26,27)16-7-5-4-6-8-16)20(25)28-12-18(24)22-17-11-15(21)10-9-14(17)3/h4-11,13,19,23H,12H2,1-3H3,(H,22,24)/t19-/m1/s1. The Morgan fingerprint density at radius 1 is 1.10 bits per heavy atom. The molecule has 0 radical (unpaired) electrons. The van der Waals surface area contributed by atoms with Gasteiger partial charge in [-0.1, -0.05) is 38.1 Å². The third-order valence-corrected chi connectivity index (χ3v) is 5.53. The molecule has 1 amide bonds. The van der Waals surface area contributed by atoms with Crippen molar-refractivity contribution in [2.75, 3.05) is 11.9 Å². The highest BCUT2D eigenvalue weighted by molar-refractivity contribution is 7.89. The van der Waals surface area contributed by atoms with Crippen LogP contribution in [-0.4, -0.2) is 32.9 Å². The molecule has 7 nitrogen and oxygen atoms in total. The average Bonchev–Trinajstić information content (AvgIpc) is 2.67. The summed E-state index contributed by atoms with van der Waals surface area (Å²) in [4.78, 5) is 24.4. The number of carbonyl (C=O) groups is 2. The van der Waals surface area contributed by atoms with Gasteiger partial charge in [0.25, 0.3) is 5.91 Å². The van der Waals surface area contributed by atoms with Gasteiger partial charge in [-0.2, -0.15) is 4.72 Å². The lowest BCUT2D eigenvalue weighted by Gasteiger charge is -2.20. The number of hydrogen-bond acceptors (Lipinski definition) is 5. The number of nitrogens with one attached hydrogen (secondary N) is 2. The molecule has 2 aromatic rings. The smallest absolute Gasteiger partial charge is 0.324 e. The van der Waals surface area contributed by atoms with E-state index in [1.807, 2.05) is 0 Å². The molecular weight excluding hydrogens is 399 g/mol. The number of sulfonamides is 1. The molecule has 0 aliphatic carbocycles. The van der Waals surface area contributed by atoms with Crippen molar-refractivity contribution in [2.45, 2.75) is 31.7 Å². The minimum atomic E-state index is -3.94. The number of amides is 1. The van der Waals surface area contributed by atoms with Gasteiger partial charge in [-0.15, -0.1) is 0 Å². The van der Waals surface area contributed by atoms with Gasteiger partial charge in [0.15, 0.2) is 6.61 Å². The summed E-state index contributed by atoms with van der Waals surface area (Å²) in [6.45, 7) is 4.35. The molecule has 1 atom stereocenters. The van der Waals surface area contributed by atoms with Crippen LogP contribution in [0.3, 0.4) is 0 Å². The zero-order valence-electron chi connectivity index (χ0n) is 16.3. The first-order valence-corrected chi connectivity index (χ1v) is 10.4. The minimum absolute atomic E-state index is 0.0118. The summed E-state index contributed by atoms with van der Waals surface area (Å²) in [7, 11) is -3.94. The molecule has 29 heavy (non-hydrogen) atoms. The van der Waals surface area contributed by atoms with E-state index < -0.39 is 46.3 Å². The van der Waals surface area contributed by atoms with Crippen molar-refractivity contribution in [3.8, 4) is 0 Å². The molecule has 0 aromatic heterocycles. The molecule has 2 rings (SSSR count). The predicted octanol–water partition coefficient (Wildman–Crippen LogP) is 2.62. The molecule has 0 fully saturated rings. The van der Waals surface area contributed by atoms with Gasteiger partial charge in [0, 0.05) is 5.69 Å². The molecule has 0 spiro atoms. The Morgan fingerprint density at radius 3 is 2.38 bits per heavy atom. The van der Waals surface area contributed by atoms with Gasteiger partial charge in [-0.25, -0.2) is 12.8 Å². The number of aryl methyl sites for hydroxylation is 1. The lowest BCUT2D eigenvalue weighted by atomic mass is 10.1. The molecular formula is C20H23FN2O5S. The van der Waals surface area contributed by atoms with Crippen molar-refractivity contribution < 1.29 is 27.1 Å². The summed E-state index contributed by atoms with van der Waals surface area (Å²) < 4.78 is 45.5. The molecule has 0 saturated carbocycles. The van der Waals surface area contributed by atoms with Crippen LogP contribution in [0.1, 0.15) is 19.4 Å². The fourth-order valence-electron chi connectivity index (χ4n) is 2.43. The molecule has 0 heterocycles. The normalized spacial score (nSPS) is 12.4. The highest BCUT2D eigenvalue weighted by Gasteiger charge is 2.30. The van der Waals surface area contributed by atoms with Gasteiger partial charge in [0.1, 0.15) is 11.9 Å². The van der Waals surface area contributed by atoms with Crippen LogP contribution in [0, 0.1) is 18.7 Å². The van der Waals surface area contributed by atoms with Gasteiger partial charge in [0.05, 0.1) is 4.90 Å². The van der Waals surface area contributed by atoms with Gasteiger partial charge >= 0.3 is 5.97 Å². The quantitative estimate of drug-likeness (QED) is 0.637. The van der Waals surface area contributed by atoms with E-state index in [0.717, 1.165) is 6.07 Å². The number of carbonyl (C=O) groups excluding carboxylic acids is 2. The summed E-state index contributed by atoms with van der Waals surface area (Å²) in [5, 5.41) is 2.45. The van der Waals surface area contributed by atoms with Crippen molar-refractivity contribution in [2.24, 2.45) is 5.92 Å². The van der Waals surface area contributed by atoms with E-state index in [2.05, 4.69) is 10.0 Å². The third-order valence-electron chi connectivity index (χ3n) is 4.08. The average molecular weight is 422 g/mol. The van der Waals surface area contributed by atoms with Gasteiger partial charge in [-0.3, -0.25) is 9.59 Å². The van der Waals surface area contributed by atoms with Crippen molar-refractivity contribution in [3.63, 3.8) is 0 Å². The third kappa shape index (κ3) is 6.37. The molecule has 156 valence electrons. The number of ether oxygens (including phenoxy) is 1. The van der Waals surface area contributed by atoms with Crippen LogP contribution >= 0.6 is 0 Å². The van der Waals surface area contributed by atoms with E-state index in [-0.39, 0.29) is 10.6 Å². The van der Waals surface area contributed by atoms with Crippen LogP contribution in [0.2, 0.25) is 0 Å². The molecule has 0 aliphatic rings. The number of hydrogen-bond donors (Lipinski definition) is 2. The lowest BCUT2D eigenvalue weighted by molar-refractivity contribution is -0.150. The fraction of sp³-hybridized carbons (Fsp3) is 0.300. The van der Waals surface area contributed by atoms with Crippen LogP contribution in [-0.2, 0) is 24.3 Å². The molecule has 0 bridgehead atoms. The number of anilines is 1. The maximum absolute atomic E-state index is 13.3. The Balaban J connectivity index is 2.01. The van der Waals surface area contributed by atoms with Crippen LogP contribution < -0.4 is 10.0 Å². The fourth-order valence-corrected chi connectivity index (χ4v) is 3.79. The molecule has 9 heteroatoms. The largest absolute Gasteiger partial charge is 0.454 e. The highest BCUT2D eigenvalue weighted by atomic mass is 32.2. The topological polar surface area (TPSA) is 102 Å². The van der Waals surface area contributed by atoms with Crippen LogP contribution in [0.15, 0.2) is 53.4 Å². The summed E-state index contributed by atoms with van der Waals surface area (Å²) in [6, 6.07) is 10.3. The number of rotatable bonds is 8. The summed E-state index contributed by atoms with van der Waals surface area (Å²) >= 11 is 0. The molecule has 2 N–H and O–H groups in total. The van der Waals surface area contributed by atoms with E-state index in [9.17, 15) is 22.4 Å². The van der Waals surface area contributed by atoms with Crippen LogP contribution in [0.5, 0.6) is 0 Å². The first kappa shape index (κ1) is 22.5. The Labute approximate surface area is 169 Å². The first-order chi connectivity index (χ1) is 13.6. The maximum Gasteiger partial charge on any atom is 0.324 e. The Morgan fingerprint density at radius 2 is 1.76 bits per heavy atom. The number of halogens is 1. The molecule has 0 aliphatic heterocycles. The maximum atomic E-state index is 13.3. The zero-order valence-corrected chi connectivity index (χ0v) is 17.1. The monoisotopic (exact) mass is 422 g/mol. The van der Waals surface area contributed by atoms with E-state index in [0.29, 0.717) is 5.56 Å². The van der Waals surface area contributed by atoms with E-state index in [1.165, 1.54) is 24.3 Å². The number of benzene rings is 2. The van der Waals surface area contributed by atoms with E-state index >= 15 is 0 Å². The van der Waals surface area contributed by atoms with Crippen molar-refractivity contribution in [1.82, 2.24) is 4.72 Å². The lowest BCUT2D eigenvalue weighted by Crippen LogP contribution is -2.45. The second-order valence-electron chi connectivity index (χ2n) is 6.77. The van der Waals surface area contributed by atoms with Gasteiger partial charge < -0.3 is 10.1 Å². The van der Waals surface area contributed by atoms with Crippen molar-refractivity contribution in [1.29, 1.82) is 0 Å². The van der Waals surface area contributed by atoms with Crippen molar-refractivity contribution in [3.05, 3.63) is 59.9 Å². The highest BCUT2D eigenvalue weighted by Crippen LogP contribution is 2.16.